The van der Waals surface area contributed by atoms with Crippen molar-refractivity contribution >= 4 is 11.7 Å². The first kappa shape index (κ1) is 20.8. The van der Waals surface area contributed by atoms with Gasteiger partial charge in [-0.2, -0.15) is 5.10 Å². The molecule has 1 unspecified atom stereocenters. The van der Waals surface area contributed by atoms with Crippen LogP contribution in [0.3, 0.4) is 0 Å². The number of hydrogen-bond donors (Lipinski definition) is 1. The van der Waals surface area contributed by atoms with E-state index in [-0.39, 0.29) is 24.2 Å². The van der Waals surface area contributed by atoms with Crippen LogP contribution in [0.4, 0.5) is 19.0 Å². The topological polar surface area (TPSA) is 59.4 Å². The Kier molecular flexibility index (Phi) is 6.48. The standard InChI is InChI=1S/C18H23F3N4O2/c1-12(2)25-16(9-10-22-25)23-17(26)13(3)24(4)11-14-7-5-6-8-15(14)27-18(19,20)21/h5-10,12-13H,11H2,1-4H3,(H,23,26). The Balaban J connectivity index is 2.06. The fraction of sp³-hybridized carbons (Fsp3) is 0.444. The molecular weight excluding hydrogens is 361 g/mol. The van der Waals surface area contributed by atoms with Crippen LogP contribution in [-0.2, 0) is 11.3 Å². The third kappa shape index (κ3) is 5.72. The predicted octanol–water partition coefficient (Wildman–Crippen LogP) is 3.82. The summed E-state index contributed by atoms with van der Waals surface area (Å²) in [6.45, 7) is 5.68. The highest BCUT2D eigenvalue weighted by Crippen LogP contribution is 2.27. The van der Waals surface area contributed by atoms with Crippen LogP contribution in [0.2, 0.25) is 0 Å². The molecule has 1 atom stereocenters. The van der Waals surface area contributed by atoms with Crippen LogP contribution in [0.1, 0.15) is 32.4 Å². The molecule has 0 fully saturated rings. The van der Waals surface area contributed by atoms with Crippen molar-refractivity contribution in [1.82, 2.24) is 14.7 Å². The molecule has 0 aliphatic heterocycles. The molecule has 1 aromatic carbocycles. The van der Waals surface area contributed by atoms with E-state index in [1.807, 2.05) is 13.8 Å². The number of ether oxygens (including phenoxy) is 1. The van der Waals surface area contributed by atoms with Crippen LogP contribution >= 0.6 is 0 Å². The van der Waals surface area contributed by atoms with E-state index in [2.05, 4.69) is 15.2 Å². The first-order chi connectivity index (χ1) is 12.6. The number of para-hydroxylation sites is 1. The molecule has 2 rings (SSSR count). The van der Waals surface area contributed by atoms with Crippen LogP contribution in [0, 0.1) is 0 Å². The van der Waals surface area contributed by atoms with Gasteiger partial charge in [0.05, 0.1) is 12.2 Å². The van der Waals surface area contributed by atoms with E-state index in [9.17, 15) is 18.0 Å². The van der Waals surface area contributed by atoms with E-state index in [1.165, 1.54) is 18.2 Å². The normalized spacial score (nSPS) is 13.1. The number of hydrogen-bond acceptors (Lipinski definition) is 4. The van der Waals surface area contributed by atoms with Gasteiger partial charge in [-0.1, -0.05) is 18.2 Å². The lowest BCUT2D eigenvalue weighted by Crippen LogP contribution is -2.39. The number of nitrogens with zero attached hydrogens (tertiary/aromatic N) is 3. The van der Waals surface area contributed by atoms with Gasteiger partial charge in [-0.15, -0.1) is 13.2 Å². The van der Waals surface area contributed by atoms with Crippen LogP contribution in [-0.4, -0.2) is 40.0 Å². The van der Waals surface area contributed by atoms with Crippen molar-refractivity contribution in [3.8, 4) is 5.75 Å². The number of likely N-dealkylation sites (N-methyl/N-ethyl adjacent to an activating group) is 1. The van der Waals surface area contributed by atoms with Gasteiger partial charge in [-0.3, -0.25) is 9.69 Å². The van der Waals surface area contributed by atoms with E-state index in [0.717, 1.165) is 0 Å². The maximum atomic E-state index is 12.6. The van der Waals surface area contributed by atoms with Crippen molar-refractivity contribution in [3.63, 3.8) is 0 Å². The van der Waals surface area contributed by atoms with E-state index in [1.54, 1.807) is 41.9 Å². The highest BCUT2D eigenvalue weighted by atomic mass is 19.4. The predicted molar refractivity (Wildman–Crippen MR) is 95.3 cm³/mol. The first-order valence-corrected chi connectivity index (χ1v) is 8.46. The third-order valence-corrected chi connectivity index (χ3v) is 4.07. The smallest absolute Gasteiger partial charge is 0.405 e. The largest absolute Gasteiger partial charge is 0.573 e. The lowest BCUT2D eigenvalue weighted by molar-refractivity contribution is -0.275. The van der Waals surface area contributed by atoms with Crippen LogP contribution in [0.15, 0.2) is 36.5 Å². The minimum Gasteiger partial charge on any atom is -0.405 e. The second-order valence-electron chi connectivity index (χ2n) is 6.49. The van der Waals surface area contributed by atoms with Gasteiger partial charge in [0.15, 0.2) is 0 Å². The molecule has 0 aliphatic carbocycles. The molecule has 6 nitrogen and oxygen atoms in total. The zero-order valence-electron chi connectivity index (χ0n) is 15.6. The van der Waals surface area contributed by atoms with Crippen LogP contribution in [0.25, 0.3) is 0 Å². The molecule has 0 bridgehead atoms. The van der Waals surface area contributed by atoms with E-state index in [4.69, 9.17) is 0 Å². The number of anilines is 1. The van der Waals surface area contributed by atoms with Gasteiger partial charge in [-0.05, 0) is 33.9 Å². The lowest BCUT2D eigenvalue weighted by Gasteiger charge is -2.25. The Morgan fingerprint density at radius 1 is 1.26 bits per heavy atom. The lowest BCUT2D eigenvalue weighted by atomic mass is 10.1. The highest BCUT2D eigenvalue weighted by molar-refractivity contribution is 5.93. The maximum Gasteiger partial charge on any atom is 0.573 e. The number of nitrogens with one attached hydrogen (secondary N) is 1. The van der Waals surface area contributed by atoms with E-state index < -0.39 is 12.4 Å². The molecule has 0 radical (unpaired) electrons. The second kappa shape index (κ2) is 8.43. The Labute approximate surface area is 155 Å². The summed E-state index contributed by atoms with van der Waals surface area (Å²) in [4.78, 5) is 14.2. The summed E-state index contributed by atoms with van der Waals surface area (Å²) < 4.78 is 43.4. The number of carbonyl (C=O) groups excluding carboxylic acids is 1. The minimum absolute atomic E-state index is 0.0785. The average molecular weight is 384 g/mol. The molecule has 1 aromatic heterocycles. The summed E-state index contributed by atoms with van der Waals surface area (Å²) in [7, 11) is 1.66. The molecule has 9 heteroatoms. The zero-order chi connectivity index (χ0) is 20.2. The molecule has 0 saturated carbocycles. The van der Waals surface area contributed by atoms with Crippen molar-refractivity contribution in [3.05, 3.63) is 42.1 Å². The molecule has 148 valence electrons. The average Bonchev–Trinajstić information content (AvgIpc) is 3.02. The summed E-state index contributed by atoms with van der Waals surface area (Å²) in [5, 5.41) is 6.95. The number of carbonyl (C=O) groups is 1. The molecule has 2 aromatic rings. The molecule has 0 saturated heterocycles. The Bertz CT molecular complexity index is 774. The van der Waals surface area contributed by atoms with Crippen molar-refractivity contribution in [1.29, 1.82) is 0 Å². The maximum absolute atomic E-state index is 12.6. The molecule has 0 spiro atoms. The third-order valence-electron chi connectivity index (χ3n) is 4.07. The van der Waals surface area contributed by atoms with Crippen molar-refractivity contribution < 1.29 is 22.7 Å². The van der Waals surface area contributed by atoms with Gasteiger partial charge >= 0.3 is 6.36 Å². The number of amides is 1. The number of aromatic nitrogens is 2. The van der Waals surface area contributed by atoms with Gasteiger partial charge in [0, 0.05) is 24.2 Å². The number of rotatable bonds is 7. The summed E-state index contributed by atoms with van der Waals surface area (Å²) in [5.74, 6) is 0.00696. The second-order valence-corrected chi connectivity index (χ2v) is 6.49. The quantitative estimate of drug-likeness (QED) is 0.788. The van der Waals surface area contributed by atoms with Crippen molar-refractivity contribution in [2.75, 3.05) is 12.4 Å². The number of benzene rings is 1. The molecule has 1 heterocycles. The molecule has 1 amide bonds. The Morgan fingerprint density at radius 3 is 2.56 bits per heavy atom. The first-order valence-electron chi connectivity index (χ1n) is 8.46. The van der Waals surface area contributed by atoms with Gasteiger partial charge < -0.3 is 10.1 Å². The van der Waals surface area contributed by atoms with E-state index >= 15 is 0 Å². The SMILES string of the molecule is CC(C(=O)Nc1ccnn1C(C)C)N(C)Cc1ccccc1OC(F)(F)F. The van der Waals surface area contributed by atoms with Gasteiger partial charge in [-0.25, -0.2) is 4.68 Å². The molecule has 0 aliphatic rings. The zero-order valence-corrected chi connectivity index (χ0v) is 15.6. The van der Waals surface area contributed by atoms with Gasteiger partial charge in [0.1, 0.15) is 11.6 Å². The Hall–Kier alpha value is -2.55. The molecular formula is C18H23F3N4O2. The summed E-state index contributed by atoms with van der Waals surface area (Å²) in [6, 6.07) is 7.07. The van der Waals surface area contributed by atoms with Crippen molar-refractivity contribution in [2.24, 2.45) is 0 Å². The van der Waals surface area contributed by atoms with Crippen LogP contribution < -0.4 is 10.1 Å². The summed E-state index contributed by atoms with van der Waals surface area (Å²) >= 11 is 0. The highest BCUT2D eigenvalue weighted by Gasteiger charge is 2.32. The summed E-state index contributed by atoms with van der Waals surface area (Å²) in [6.07, 6.45) is -3.18. The molecule has 1 N–H and O–H groups in total. The minimum atomic E-state index is -4.77. The van der Waals surface area contributed by atoms with Gasteiger partial charge in [0.25, 0.3) is 0 Å². The summed E-state index contributed by atoms with van der Waals surface area (Å²) in [5.41, 5.74) is 0.337. The number of alkyl halides is 3. The van der Waals surface area contributed by atoms with Gasteiger partial charge in [0.2, 0.25) is 5.91 Å². The van der Waals surface area contributed by atoms with Crippen molar-refractivity contribution in [2.45, 2.75) is 45.8 Å². The fourth-order valence-electron chi connectivity index (χ4n) is 2.52. The molecule has 27 heavy (non-hydrogen) atoms. The fourth-order valence-corrected chi connectivity index (χ4v) is 2.52. The van der Waals surface area contributed by atoms with Crippen LogP contribution in [0.5, 0.6) is 5.75 Å². The Morgan fingerprint density at radius 2 is 1.93 bits per heavy atom. The number of halogens is 3. The van der Waals surface area contributed by atoms with E-state index in [0.29, 0.717) is 11.4 Å². The monoisotopic (exact) mass is 384 g/mol.